The molecule has 3 heteroatoms. The highest BCUT2D eigenvalue weighted by Crippen LogP contribution is 2.46. The second-order valence-corrected chi connectivity index (χ2v) is 18.5. The van der Waals surface area contributed by atoms with E-state index in [1.807, 2.05) is 6.07 Å². The fourth-order valence-electron chi connectivity index (χ4n) is 9.38. The van der Waals surface area contributed by atoms with Gasteiger partial charge < -0.3 is 9.32 Å². The van der Waals surface area contributed by atoms with Crippen LogP contribution < -0.4 is 25.6 Å². The zero-order chi connectivity index (χ0) is 37.8. The van der Waals surface area contributed by atoms with E-state index in [4.69, 9.17) is 4.42 Å². The van der Waals surface area contributed by atoms with Gasteiger partial charge in [-0.3, -0.25) is 0 Å². The lowest BCUT2D eigenvalue weighted by Crippen LogP contribution is -2.75. The van der Waals surface area contributed by atoms with E-state index in [2.05, 4.69) is 223 Å². The zero-order valence-electron chi connectivity index (χ0n) is 31.2. The summed E-state index contributed by atoms with van der Waals surface area (Å²) in [7, 11) is -2.91. The lowest BCUT2D eigenvalue weighted by atomic mass is 9.94. The van der Waals surface area contributed by atoms with Crippen LogP contribution in [0.2, 0.25) is 0 Å². The molecule has 1 aliphatic rings. The van der Waals surface area contributed by atoms with Crippen LogP contribution in [-0.4, -0.2) is 8.07 Å². The van der Waals surface area contributed by atoms with Gasteiger partial charge in [0.05, 0.1) is 11.4 Å². The summed E-state index contributed by atoms with van der Waals surface area (Å²) < 4.78 is 6.80. The first kappa shape index (κ1) is 33.2. The summed E-state index contributed by atoms with van der Waals surface area (Å²) in [5.41, 5.74) is 12.2. The normalized spacial score (nSPS) is 12.7. The minimum Gasteiger partial charge on any atom is -0.454 e. The lowest BCUT2D eigenvalue weighted by molar-refractivity contribution is 0.669. The highest BCUT2D eigenvalue weighted by molar-refractivity contribution is 7.21. The summed E-state index contributed by atoms with van der Waals surface area (Å²) in [6.45, 7) is 0. The van der Waals surface area contributed by atoms with Crippen molar-refractivity contribution in [2.45, 2.75) is 0 Å². The molecule has 1 aromatic heterocycles. The third-order valence-corrected chi connectivity index (χ3v) is 16.7. The maximum Gasteiger partial charge on any atom is 0.180 e. The van der Waals surface area contributed by atoms with E-state index in [0.717, 1.165) is 50.1 Å². The standard InChI is InChI=1S/C54H37NOSi/c1-4-19-38(20-5-1)42-25-12-15-31-49(42)55(50-32-18-30-47-45-28-13-16-33-51(45)56-54(47)50)39-35-36-53-48(37-39)44-27-11-10-26-43(44)46-29-14-17-34-52(46)57(53,40-21-6-2-7-22-40)41-23-8-3-9-24-41/h1-37H. The summed E-state index contributed by atoms with van der Waals surface area (Å²) in [5.74, 6) is 0. The molecule has 9 aromatic carbocycles. The van der Waals surface area contributed by atoms with Gasteiger partial charge >= 0.3 is 0 Å². The Morgan fingerprint density at radius 1 is 0.351 bits per heavy atom. The fraction of sp³-hybridized carbons (Fsp3) is 0. The van der Waals surface area contributed by atoms with Crippen molar-refractivity contribution in [1.82, 2.24) is 0 Å². The quantitative estimate of drug-likeness (QED) is 0.158. The van der Waals surface area contributed by atoms with Gasteiger partial charge in [0.15, 0.2) is 13.7 Å². The number of rotatable bonds is 6. The number of nitrogens with zero attached hydrogens (tertiary/aromatic N) is 1. The van der Waals surface area contributed by atoms with E-state index >= 15 is 0 Å². The molecule has 11 rings (SSSR count). The molecular weight excluding hydrogens is 707 g/mol. The smallest absolute Gasteiger partial charge is 0.180 e. The van der Waals surface area contributed by atoms with Crippen molar-refractivity contribution in [1.29, 1.82) is 0 Å². The first-order chi connectivity index (χ1) is 28.3. The monoisotopic (exact) mass is 743 g/mol. The molecule has 0 saturated heterocycles. The summed E-state index contributed by atoms with van der Waals surface area (Å²) in [5, 5.41) is 7.72. The summed E-state index contributed by atoms with van der Waals surface area (Å²) >= 11 is 0. The number of hydrogen-bond donors (Lipinski definition) is 0. The Balaban J connectivity index is 1.27. The molecule has 0 amide bonds. The van der Waals surface area contributed by atoms with Crippen molar-refractivity contribution < 1.29 is 4.42 Å². The average Bonchev–Trinajstić information content (AvgIpc) is 3.63. The summed E-state index contributed by atoms with van der Waals surface area (Å²) in [4.78, 5) is 2.42. The van der Waals surface area contributed by atoms with Crippen molar-refractivity contribution in [3.8, 4) is 33.4 Å². The van der Waals surface area contributed by atoms with Gasteiger partial charge in [-0.15, -0.1) is 0 Å². The van der Waals surface area contributed by atoms with Crippen LogP contribution in [0.4, 0.5) is 17.1 Å². The summed E-state index contributed by atoms with van der Waals surface area (Å²) in [6, 6.07) is 82.3. The summed E-state index contributed by atoms with van der Waals surface area (Å²) in [6.07, 6.45) is 0. The van der Waals surface area contributed by atoms with Crippen molar-refractivity contribution in [3.63, 3.8) is 0 Å². The molecule has 1 aliphatic heterocycles. The Hall–Kier alpha value is -7.20. The fourth-order valence-corrected chi connectivity index (χ4v) is 14.5. The van der Waals surface area contributed by atoms with Gasteiger partial charge in [-0.05, 0) is 78.9 Å². The van der Waals surface area contributed by atoms with Gasteiger partial charge in [-0.25, -0.2) is 0 Å². The Bertz CT molecular complexity index is 3040. The first-order valence-electron chi connectivity index (χ1n) is 19.6. The van der Waals surface area contributed by atoms with E-state index in [0.29, 0.717) is 0 Å². The van der Waals surface area contributed by atoms with Gasteiger partial charge in [0.2, 0.25) is 0 Å². The van der Waals surface area contributed by atoms with Crippen LogP contribution in [0.15, 0.2) is 229 Å². The van der Waals surface area contributed by atoms with Gasteiger partial charge in [0.1, 0.15) is 5.58 Å². The Morgan fingerprint density at radius 2 is 0.877 bits per heavy atom. The van der Waals surface area contributed by atoms with Crippen molar-refractivity contribution in [2.24, 2.45) is 0 Å². The molecule has 0 spiro atoms. The number of furan rings is 1. The molecular formula is C54H37NOSi. The van der Waals surface area contributed by atoms with Gasteiger partial charge in [-0.1, -0.05) is 194 Å². The Labute approximate surface area is 333 Å². The largest absolute Gasteiger partial charge is 0.454 e. The highest BCUT2D eigenvalue weighted by atomic mass is 28.3. The molecule has 268 valence electrons. The zero-order valence-corrected chi connectivity index (χ0v) is 32.2. The second kappa shape index (κ2) is 13.5. The number of anilines is 3. The molecule has 10 aromatic rings. The lowest BCUT2D eigenvalue weighted by Gasteiger charge is -2.36. The maximum absolute atomic E-state index is 6.80. The molecule has 2 nitrogen and oxygen atoms in total. The highest BCUT2D eigenvalue weighted by Gasteiger charge is 2.46. The Morgan fingerprint density at radius 3 is 1.61 bits per heavy atom. The predicted octanol–water partition coefficient (Wildman–Crippen LogP) is 11.7. The number of para-hydroxylation sites is 3. The molecule has 0 N–H and O–H groups in total. The molecule has 0 unspecified atom stereocenters. The number of benzene rings is 9. The maximum atomic E-state index is 6.80. The molecule has 0 atom stereocenters. The van der Waals surface area contributed by atoms with Gasteiger partial charge in [0, 0.05) is 22.0 Å². The SMILES string of the molecule is c1ccc(-c2ccccc2N(c2ccc3c(c2)-c2ccccc2-c2ccccc2[Si]3(c2ccccc2)c2ccccc2)c2cccc3c2oc2ccccc23)cc1. The molecule has 0 fully saturated rings. The van der Waals surface area contributed by atoms with Crippen molar-refractivity contribution in [3.05, 3.63) is 224 Å². The molecule has 0 aliphatic carbocycles. The van der Waals surface area contributed by atoms with Crippen LogP contribution in [0.1, 0.15) is 0 Å². The molecule has 0 bridgehead atoms. The van der Waals surface area contributed by atoms with E-state index in [1.54, 1.807) is 0 Å². The van der Waals surface area contributed by atoms with Crippen LogP contribution in [0.5, 0.6) is 0 Å². The van der Waals surface area contributed by atoms with E-state index in [-0.39, 0.29) is 0 Å². The average molecular weight is 744 g/mol. The molecule has 0 saturated carbocycles. The van der Waals surface area contributed by atoms with Crippen molar-refractivity contribution in [2.75, 3.05) is 4.90 Å². The number of hydrogen-bond acceptors (Lipinski definition) is 2. The number of fused-ring (bicyclic) bond motifs is 8. The minimum atomic E-state index is -2.91. The Kier molecular flexibility index (Phi) is 7.87. The van der Waals surface area contributed by atoms with E-state index in [1.165, 1.54) is 43.0 Å². The molecule has 0 radical (unpaired) electrons. The molecule has 2 heterocycles. The van der Waals surface area contributed by atoms with Crippen LogP contribution in [0.25, 0.3) is 55.3 Å². The van der Waals surface area contributed by atoms with Crippen molar-refractivity contribution >= 4 is 67.8 Å². The molecule has 57 heavy (non-hydrogen) atoms. The topological polar surface area (TPSA) is 16.4 Å². The second-order valence-electron chi connectivity index (χ2n) is 14.8. The third kappa shape index (κ3) is 5.17. The third-order valence-electron chi connectivity index (χ3n) is 11.8. The predicted molar refractivity (Wildman–Crippen MR) is 242 cm³/mol. The van der Waals surface area contributed by atoms with Crippen LogP contribution >= 0.6 is 0 Å². The van der Waals surface area contributed by atoms with Gasteiger partial charge in [0.25, 0.3) is 0 Å². The van der Waals surface area contributed by atoms with E-state index < -0.39 is 8.07 Å². The minimum absolute atomic E-state index is 0.863. The van der Waals surface area contributed by atoms with Crippen LogP contribution in [-0.2, 0) is 0 Å². The first-order valence-corrected chi connectivity index (χ1v) is 21.6. The van der Waals surface area contributed by atoms with E-state index in [9.17, 15) is 0 Å². The van der Waals surface area contributed by atoms with Crippen LogP contribution in [0, 0.1) is 0 Å². The van der Waals surface area contributed by atoms with Gasteiger partial charge in [-0.2, -0.15) is 0 Å². The van der Waals surface area contributed by atoms with Crippen LogP contribution in [0.3, 0.4) is 0 Å².